The third-order valence-electron chi connectivity index (χ3n) is 3.78. The Morgan fingerprint density at radius 2 is 2.25 bits per heavy atom. The van der Waals surface area contributed by atoms with Gasteiger partial charge in [-0.1, -0.05) is 12.1 Å². The van der Waals surface area contributed by atoms with E-state index < -0.39 is 0 Å². The number of piperazine rings is 1. The minimum absolute atomic E-state index is 0.568. The summed E-state index contributed by atoms with van der Waals surface area (Å²) in [5.41, 5.74) is 2.58. The summed E-state index contributed by atoms with van der Waals surface area (Å²) < 4.78 is 5.43. The van der Waals surface area contributed by atoms with Crippen molar-refractivity contribution >= 4 is 0 Å². The Morgan fingerprint density at radius 3 is 3.00 bits per heavy atom. The third kappa shape index (κ3) is 1.57. The van der Waals surface area contributed by atoms with Crippen molar-refractivity contribution in [1.82, 2.24) is 15.4 Å². The number of aryl methyl sites for hydroxylation is 2. The van der Waals surface area contributed by atoms with Crippen LogP contribution in [-0.2, 0) is 12.8 Å². The van der Waals surface area contributed by atoms with Crippen LogP contribution in [0, 0.1) is 0 Å². The predicted molar refractivity (Wildman–Crippen MR) is 61.4 cm³/mol. The Hall–Kier alpha value is -0.870. The maximum atomic E-state index is 5.43. The lowest BCUT2D eigenvalue weighted by Crippen LogP contribution is -2.44. The number of rotatable bonds is 2. The molecule has 1 aliphatic heterocycles. The average Bonchev–Trinajstić information content (AvgIpc) is 2.90. The van der Waals surface area contributed by atoms with Gasteiger partial charge in [0.05, 0.1) is 5.69 Å². The summed E-state index contributed by atoms with van der Waals surface area (Å²) in [4.78, 5) is 2.58. The second-order valence-electron chi connectivity index (χ2n) is 4.66. The normalized spacial score (nSPS) is 25.9. The number of nitrogens with zero attached hydrogens (tertiary/aromatic N) is 2. The quantitative estimate of drug-likeness (QED) is 0.813. The molecule has 2 heterocycles. The van der Waals surface area contributed by atoms with E-state index in [4.69, 9.17) is 4.52 Å². The number of hydrogen-bond donors (Lipinski definition) is 1. The first-order chi connectivity index (χ1) is 7.90. The molecule has 1 saturated heterocycles. The Kier molecular flexibility index (Phi) is 2.69. The van der Waals surface area contributed by atoms with Crippen molar-refractivity contribution in [2.45, 2.75) is 32.2 Å². The summed E-state index contributed by atoms with van der Waals surface area (Å²) in [6.07, 6.45) is 3.27. The molecule has 0 spiro atoms. The zero-order valence-electron chi connectivity index (χ0n) is 9.83. The largest absolute Gasteiger partial charge is 0.361 e. The van der Waals surface area contributed by atoms with Gasteiger partial charge in [-0.05, 0) is 12.8 Å². The SMILES string of the molecule is CCc1noc2c1C(N1CCNCC1)CC2. The van der Waals surface area contributed by atoms with Crippen LogP contribution in [0.2, 0.25) is 0 Å². The number of hydrogen-bond acceptors (Lipinski definition) is 4. The number of nitrogens with one attached hydrogen (secondary N) is 1. The average molecular weight is 221 g/mol. The molecule has 4 heteroatoms. The molecule has 16 heavy (non-hydrogen) atoms. The summed E-state index contributed by atoms with van der Waals surface area (Å²) in [6.45, 7) is 6.68. The van der Waals surface area contributed by atoms with Crippen LogP contribution >= 0.6 is 0 Å². The van der Waals surface area contributed by atoms with Gasteiger partial charge in [-0.2, -0.15) is 0 Å². The highest BCUT2D eigenvalue weighted by molar-refractivity contribution is 5.31. The first-order valence-electron chi connectivity index (χ1n) is 6.32. The first kappa shape index (κ1) is 10.3. The Morgan fingerprint density at radius 1 is 1.44 bits per heavy atom. The maximum Gasteiger partial charge on any atom is 0.141 e. The summed E-state index contributed by atoms with van der Waals surface area (Å²) in [5, 5.41) is 7.59. The minimum atomic E-state index is 0.568. The molecule has 0 radical (unpaired) electrons. The minimum Gasteiger partial charge on any atom is -0.361 e. The molecule has 1 atom stereocenters. The number of fused-ring (bicyclic) bond motifs is 1. The van der Waals surface area contributed by atoms with Crippen molar-refractivity contribution in [2.24, 2.45) is 0 Å². The van der Waals surface area contributed by atoms with Crippen molar-refractivity contribution in [2.75, 3.05) is 26.2 Å². The van der Waals surface area contributed by atoms with Crippen LogP contribution in [0.5, 0.6) is 0 Å². The van der Waals surface area contributed by atoms with E-state index in [-0.39, 0.29) is 0 Å². The zero-order chi connectivity index (χ0) is 11.0. The molecule has 1 aromatic rings. The second-order valence-corrected chi connectivity index (χ2v) is 4.66. The van der Waals surface area contributed by atoms with Crippen molar-refractivity contribution in [1.29, 1.82) is 0 Å². The lowest BCUT2D eigenvalue weighted by molar-refractivity contribution is 0.172. The molecule has 1 aromatic heterocycles. The van der Waals surface area contributed by atoms with Gasteiger partial charge in [-0.15, -0.1) is 0 Å². The second kappa shape index (κ2) is 4.18. The van der Waals surface area contributed by atoms with E-state index in [0.29, 0.717) is 6.04 Å². The molecule has 0 aromatic carbocycles. The molecule has 2 aliphatic rings. The van der Waals surface area contributed by atoms with Gasteiger partial charge < -0.3 is 9.84 Å². The van der Waals surface area contributed by atoms with Gasteiger partial charge in [0.1, 0.15) is 5.76 Å². The molecule has 0 saturated carbocycles. The van der Waals surface area contributed by atoms with Crippen LogP contribution < -0.4 is 5.32 Å². The van der Waals surface area contributed by atoms with Crippen LogP contribution in [0.1, 0.15) is 36.4 Å². The fraction of sp³-hybridized carbons (Fsp3) is 0.750. The van der Waals surface area contributed by atoms with E-state index >= 15 is 0 Å². The van der Waals surface area contributed by atoms with Gasteiger partial charge in [-0.3, -0.25) is 4.90 Å². The Labute approximate surface area is 96.0 Å². The molecule has 1 fully saturated rings. The van der Waals surface area contributed by atoms with E-state index in [0.717, 1.165) is 44.8 Å². The molecule has 0 amide bonds. The molecule has 3 rings (SSSR count). The van der Waals surface area contributed by atoms with Crippen molar-refractivity contribution in [3.8, 4) is 0 Å². The number of aromatic nitrogens is 1. The fourth-order valence-corrected chi connectivity index (χ4v) is 2.95. The highest BCUT2D eigenvalue weighted by Gasteiger charge is 2.34. The van der Waals surface area contributed by atoms with Gasteiger partial charge in [0.2, 0.25) is 0 Å². The van der Waals surface area contributed by atoms with Crippen LogP contribution in [0.15, 0.2) is 4.52 Å². The van der Waals surface area contributed by atoms with Crippen LogP contribution in [0.25, 0.3) is 0 Å². The van der Waals surface area contributed by atoms with Gasteiger partial charge in [0.15, 0.2) is 0 Å². The molecule has 1 unspecified atom stereocenters. The van der Waals surface area contributed by atoms with E-state index in [1.807, 2.05) is 0 Å². The molecule has 0 bridgehead atoms. The topological polar surface area (TPSA) is 41.3 Å². The summed E-state index contributed by atoms with van der Waals surface area (Å²) in [5.74, 6) is 1.14. The van der Waals surface area contributed by atoms with Gasteiger partial charge >= 0.3 is 0 Å². The smallest absolute Gasteiger partial charge is 0.141 e. The molecular weight excluding hydrogens is 202 g/mol. The highest BCUT2D eigenvalue weighted by Crippen LogP contribution is 2.38. The molecule has 1 aliphatic carbocycles. The van der Waals surface area contributed by atoms with E-state index in [1.54, 1.807) is 0 Å². The van der Waals surface area contributed by atoms with Crippen LogP contribution in [-0.4, -0.2) is 36.2 Å². The Bertz CT molecular complexity index is 368. The van der Waals surface area contributed by atoms with Gasteiger partial charge in [0.25, 0.3) is 0 Å². The van der Waals surface area contributed by atoms with E-state index in [2.05, 4.69) is 22.3 Å². The highest BCUT2D eigenvalue weighted by atomic mass is 16.5. The van der Waals surface area contributed by atoms with Crippen molar-refractivity contribution in [3.63, 3.8) is 0 Å². The first-order valence-corrected chi connectivity index (χ1v) is 6.32. The monoisotopic (exact) mass is 221 g/mol. The Balaban J connectivity index is 1.86. The molecule has 4 nitrogen and oxygen atoms in total. The predicted octanol–water partition coefficient (Wildman–Crippen LogP) is 1.13. The molecule has 88 valence electrons. The summed E-state index contributed by atoms with van der Waals surface area (Å²) in [6, 6.07) is 0.568. The van der Waals surface area contributed by atoms with Gasteiger partial charge in [0, 0.05) is 44.2 Å². The van der Waals surface area contributed by atoms with Crippen LogP contribution in [0.4, 0.5) is 0 Å². The van der Waals surface area contributed by atoms with Crippen LogP contribution in [0.3, 0.4) is 0 Å². The summed E-state index contributed by atoms with van der Waals surface area (Å²) >= 11 is 0. The molecule has 1 N–H and O–H groups in total. The fourth-order valence-electron chi connectivity index (χ4n) is 2.95. The standard InChI is InChI=1S/C12H19N3O/c1-2-9-12-10(3-4-11(12)16-14-9)15-7-5-13-6-8-15/h10,13H,2-8H2,1H3. The van der Waals surface area contributed by atoms with Crippen molar-refractivity contribution < 1.29 is 4.52 Å². The van der Waals surface area contributed by atoms with E-state index in [1.165, 1.54) is 17.7 Å². The zero-order valence-corrected chi connectivity index (χ0v) is 9.83. The van der Waals surface area contributed by atoms with Gasteiger partial charge in [-0.25, -0.2) is 0 Å². The lowest BCUT2D eigenvalue weighted by atomic mass is 10.1. The molecular formula is C12H19N3O. The maximum absolute atomic E-state index is 5.43. The lowest BCUT2D eigenvalue weighted by Gasteiger charge is -2.32. The van der Waals surface area contributed by atoms with Crippen molar-refractivity contribution in [3.05, 3.63) is 17.0 Å². The summed E-state index contributed by atoms with van der Waals surface area (Å²) in [7, 11) is 0. The van der Waals surface area contributed by atoms with E-state index in [9.17, 15) is 0 Å². The third-order valence-corrected chi connectivity index (χ3v) is 3.78.